The average molecular weight is 206 g/mol. The molecule has 1 aromatic carbocycles. The van der Waals surface area contributed by atoms with Gasteiger partial charge in [-0.2, -0.15) is 5.26 Å². The molecular formula is C11H14N2S. The quantitative estimate of drug-likeness (QED) is 0.770. The lowest BCUT2D eigenvalue weighted by molar-refractivity contribution is 0.664. The van der Waals surface area contributed by atoms with Gasteiger partial charge in [-0.25, -0.2) is 0 Å². The van der Waals surface area contributed by atoms with Crippen LogP contribution >= 0.6 is 11.8 Å². The minimum absolute atomic E-state index is 0.00874. The maximum atomic E-state index is 8.44. The van der Waals surface area contributed by atoms with Crippen LogP contribution < -0.4 is 5.73 Å². The van der Waals surface area contributed by atoms with E-state index in [2.05, 4.69) is 18.2 Å². The number of nitrogens with two attached hydrogens (primary N) is 1. The summed E-state index contributed by atoms with van der Waals surface area (Å²) in [5, 5.41) is 8.44. The summed E-state index contributed by atoms with van der Waals surface area (Å²) in [6.07, 6.45) is 3.30. The molecular weight excluding hydrogens is 192 g/mol. The number of nitriles is 1. The molecule has 0 spiro atoms. The standard InChI is InChI=1S/C11H14N2S/c1-14-10-6-4-9(5-7-10)11(13)3-2-8-12/h4-7,11H,2-3,13H2,1H3. The second-order valence-corrected chi connectivity index (χ2v) is 3.96. The molecule has 0 saturated carbocycles. The molecule has 0 radical (unpaired) electrons. The van der Waals surface area contributed by atoms with Crippen LogP contribution in [0.5, 0.6) is 0 Å². The largest absolute Gasteiger partial charge is 0.324 e. The number of benzene rings is 1. The molecule has 1 rings (SSSR count). The predicted molar refractivity (Wildman–Crippen MR) is 60.0 cm³/mol. The van der Waals surface area contributed by atoms with Gasteiger partial charge >= 0.3 is 0 Å². The topological polar surface area (TPSA) is 49.8 Å². The van der Waals surface area contributed by atoms with E-state index in [1.54, 1.807) is 11.8 Å². The van der Waals surface area contributed by atoms with Gasteiger partial charge in [0.1, 0.15) is 0 Å². The van der Waals surface area contributed by atoms with Gasteiger partial charge in [0.25, 0.3) is 0 Å². The van der Waals surface area contributed by atoms with Gasteiger partial charge in [0.15, 0.2) is 0 Å². The van der Waals surface area contributed by atoms with Crippen molar-refractivity contribution in [2.45, 2.75) is 23.8 Å². The number of rotatable bonds is 4. The third-order valence-electron chi connectivity index (χ3n) is 2.11. The summed E-state index contributed by atoms with van der Waals surface area (Å²) in [6.45, 7) is 0. The fraction of sp³-hybridized carbons (Fsp3) is 0.364. The normalized spacial score (nSPS) is 12.1. The second-order valence-electron chi connectivity index (χ2n) is 3.08. The molecule has 1 unspecified atom stereocenters. The molecule has 14 heavy (non-hydrogen) atoms. The summed E-state index contributed by atoms with van der Waals surface area (Å²) in [5.41, 5.74) is 7.02. The Kier molecular flexibility index (Phi) is 4.51. The van der Waals surface area contributed by atoms with Gasteiger partial charge in [0.2, 0.25) is 0 Å². The fourth-order valence-electron chi connectivity index (χ4n) is 1.24. The van der Waals surface area contributed by atoms with Gasteiger partial charge in [-0.05, 0) is 30.4 Å². The van der Waals surface area contributed by atoms with E-state index < -0.39 is 0 Å². The first-order valence-electron chi connectivity index (χ1n) is 4.54. The van der Waals surface area contributed by atoms with E-state index in [0.717, 1.165) is 12.0 Å². The highest BCUT2D eigenvalue weighted by atomic mass is 32.2. The molecule has 3 heteroatoms. The Morgan fingerprint density at radius 1 is 1.43 bits per heavy atom. The molecule has 1 aromatic rings. The molecule has 2 N–H and O–H groups in total. The van der Waals surface area contributed by atoms with E-state index in [1.165, 1.54) is 4.90 Å². The fourth-order valence-corrected chi connectivity index (χ4v) is 1.65. The van der Waals surface area contributed by atoms with Gasteiger partial charge in [-0.3, -0.25) is 0 Å². The Bertz CT molecular complexity index is 313. The molecule has 74 valence electrons. The Morgan fingerprint density at radius 2 is 2.07 bits per heavy atom. The minimum Gasteiger partial charge on any atom is -0.324 e. The zero-order chi connectivity index (χ0) is 10.4. The van der Waals surface area contributed by atoms with Crippen LogP contribution in [0.1, 0.15) is 24.4 Å². The molecule has 0 saturated heterocycles. The molecule has 0 aromatic heterocycles. The summed E-state index contributed by atoms with van der Waals surface area (Å²) in [7, 11) is 0. The molecule has 0 fully saturated rings. The molecule has 0 heterocycles. The maximum Gasteiger partial charge on any atom is 0.0622 e. The van der Waals surface area contributed by atoms with Crippen molar-refractivity contribution in [3.8, 4) is 6.07 Å². The van der Waals surface area contributed by atoms with Crippen molar-refractivity contribution in [1.82, 2.24) is 0 Å². The average Bonchev–Trinajstić information content (AvgIpc) is 2.26. The van der Waals surface area contributed by atoms with Crippen LogP contribution in [0.3, 0.4) is 0 Å². The minimum atomic E-state index is -0.00874. The number of hydrogen-bond acceptors (Lipinski definition) is 3. The Morgan fingerprint density at radius 3 is 2.57 bits per heavy atom. The van der Waals surface area contributed by atoms with Crippen LogP contribution in [-0.4, -0.2) is 6.26 Å². The van der Waals surface area contributed by atoms with Crippen molar-refractivity contribution in [3.05, 3.63) is 29.8 Å². The Hall–Kier alpha value is -0.980. The SMILES string of the molecule is CSc1ccc(C(N)CCC#N)cc1. The van der Waals surface area contributed by atoms with Crippen molar-refractivity contribution in [2.24, 2.45) is 5.73 Å². The molecule has 0 aliphatic carbocycles. The van der Waals surface area contributed by atoms with Crippen LogP contribution in [0.15, 0.2) is 29.2 Å². The lowest BCUT2D eigenvalue weighted by Gasteiger charge is -2.09. The van der Waals surface area contributed by atoms with Crippen molar-refractivity contribution in [3.63, 3.8) is 0 Å². The monoisotopic (exact) mass is 206 g/mol. The first kappa shape index (κ1) is 11.1. The summed E-state index contributed by atoms with van der Waals surface area (Å²) < 4.78 is 0. The highest BCUT2D eigenvalue weighted by Gasteiger charge is 2.04. The predicted octanol–water partition coefficient (Wildman–Crippen LogP) is 2.71. The molecule has 0 bridgehead atoms. The van der Waals surface area contributed by atoms with E-state index >= 15 is 0 Å². The Balaban J connectivity index is 2.62. The smallest absolute Gasteiger partial charge is 0.0622 e. The van der Waals surface area contributed by atoms with E-state index in [-0.39, 0.29) is 6.04 Å². The van der Waals surface area contributed by atoms with Crippen LogP contribution in [0, 0.1) is 11.3 Å². The zero-order valence-electron chi connectivity index (χ0n) is 8.23. The van der Waals surface area contributed by atoms with Crippen molar-refractivity contribution < 1.29 is 0 Å². The summed E-state index contributed by atoms with van der Waals surface area (Å²) in [6, 6.07) is 10.3. The molecule has 0 amide bonds. The summed E-state index contributed by atoms with van der Waals surface area (Å²) in [4.78, 5) is 1.24. The van der Waals surface area contributed by atoms with E-state index in [9.17, 15) is 0 Å². The molecule has 0 aliphatic rings. The van der Waals surface area contributed by atoms with E-state index in [0.29, 0.717) is 6.42 Å². The summed E-state index contributed by atoms with van der Waals surface area (Å²) in [5.74, 6) is 0. The van der Waals surface area contributed by atoms with Gasteiger partial charge in [0.05, 0.1) is 6.07 Å². The van der Waals surface area contributed by atoms with Gasteiger partial charge < -0.3 is 5.73 Å². The number of nitrogens with zero attached hydrogens (tertiary/aromatic N) is 1. The van der Waals surface area contributed by atoms with Crippen LogP contribution in [-0.2, 0) is 0 Å². The zero-order valence-corrected chi connectivity index (χ0v) is 9.05. The van der Waals surface area contributed by atoms with Crippen LogP contribution in [0.25, 0.3) is 0 Å². The van der Waals surface area contributed by atoms with E-state index in [4.69, 9.17) is 11.0 Å². The number of thioether (sulfide) groups is 1. The van der Waals surface area contributed by atoms with Crippen LogP contribution in [0.4, 0.5) is 0 Å². The molecule has 0 aliphatic heterocycles. The van der Waals surface area contributed by atoms with Gasteiger partial charge in [0, 0.05) is 17.4 Å². The van der Waals surface area contributed by atoms with Crippen molar-refractivity contribution in [1.29, 1.82) is 5.26 Å². The third-order valence-corrected chi connectivity index (χ3v) is 2.85. The van der Waals surface area contributed by atoms with E-state index in [1.807, 2.05) is 18.4 Å². The highest BCUT2D eigenvalue weighted by molar-refractivity contribution is 7.98. The lowest BCUT2D eigenvalue weighted by Crippen LogP contribution is -2.09. The molecule has 1 atom stereocenters. The highest BCUT2D eigenvalue weighted by Crippen LogP contribution is 2.20. The first-order chi connectivity index (χ1) is 6.77. The van der Waals surface area contributed by atoms with Crippen molar-refractivity contribution >= 4 is 11.8 Å². The maximum absolute atomic E-state index is 8.44. The number of hydrogen-bond donors (Lipinski definition) is 1. The third kappa shape index (κ3) is 3.06. The first-order valence-corrected chi connectivity index (χ1v) is 5.77. The summed E-state index contributed by atoms with van der Waals surface area (Å²) >= 11 is 1.71. The van der Waals surface area contributed by atoms with Gasteiger partial charge in [-0.15, -0.1) is 11.8 Å². The second kappa shape index (κ2) is 5.69. The lowest BCUT2D eigenvalue weighted by atomic mass is 10.0. The molecule has 2 nitrogen and oxygen atoms in total. The Labute approximate surface area is 89.1 Å². The van der Waals surface area contributed by atoms with Crippen molar-refractivity contribution in [2.75, 3.05) is 6.26 Å². The van der Waals surface area contributed by atoms with Crippen LogP contribution in [0.2, 0.25) is 0 Å². The van der Waals surface area contributed by atoms with Gasteiger partial charge in [-0.1, -0.05) is 12.1 Å².